The number of nitrogens with one attached hydrogen (secondary N) is 2. The van der Waals surface area contributed by atoms with Gasteiger partial charge in [0.15, 0.2) is 0 Å². The summed E-state index contributed by atoms with van der Waals surface area (Å²) < 4.78 is 2.19. The van der Waals surface area contributed by atoms with Gasteiger partial charge >= 0.3 is 0 Å². The first-order chi connectivity index (χ1) is 16.0. The molecule has 0 aliphatic heterocycles. The Hall–Kier alpha value is -2.72. The third kappa shape index (κ3) is 6.64. The Morgan fingerprint density at radius 1 is 0.515 bits per heavy atom. The Morgan fingerprint density at radius 2 is 0.848 bits per heavy atom. The van der Waals surface area contributed by atoms with Crippen molar-refractivity contribution in [3.8, 4) is 0 Å². The fourth-order valence-electron chi connectivity index (χ4n) is 3.26. The van der Waals surface area contributed by atoms with Gasteiger partial charge in [0.25, 0.3) is 11.8 Å². The van der Waals surface area contributed by atoms with Gasteiger partial charge in [-0.15, -0.1) is 0 Å². The number of benzene rings is 4. The van der Waals surface area contributed by atoms with Crippen LogP contribution in [0.25, 0.3) is 0 Å². The molecule has 2 amide bonds. The van der Waals surface area contributed by atoms with Crippen LogP contribution in [0.2, 0.25) is 0 Å². The summed E-state index contributed by atoms with van der Waals surface area (Å²) in [7, 11) is 0. The van der Waals surface area contributed by atoms with Crippen molar-refractivity contribution in [2.75, 3.05) is 10.6 Å². The Kier molecular flexibility index (Phi) is 7.77. The van der Waals surface area contributed by atoms with E-state index in [1.54, 1.807) is 0 Å². The number of amides is 2. The van der Waals surface area contributed by atoms with Crippen LogP contribution in [0.1, 0.15) is 31.8 Å². The molecule has 0 saturated carbocycles. The lowest BCUT2D eigenvalue weighted by Crippen LogP contribution is -2.11. The Balaban J connectivity index is 1.33. The molecule has 4 rings (SSSR count). The van der Waals surface area contributed by atoms with Gasteiger partial charge in [-0.2, -0.15) is 0 Å². The van der Waals surface area contributed by atoms with Gasteiger partial charge in [-0.3, -0.25) is 9.59 Å². The summed E-state index contributed by atoms with van der Waals surface area (Å²) in [6.45, 7) is 0. The molecule has 164 valence electrons. The molecule has 4 nitrogen and oxygen atoms in total. The average Bonchev–Trinajstić information content (AvgIpc) is 2.82. The second-order valence-electron chi connectivity index (χ2n) is 7.49. The number of rotatable bonds is 6. The molecule has 0 radical (unpaired) electrons. The monoisotopic (exact) mass is 658 g/mol. The minimum Gasteiger partial charge on any atom is -0.322 e. The third-order valence-electron chi connectivity index (χ3n) is 5.04. The summed E-state index contributed by atoms with van der Waals surface area (Å²) in [5, 5.41) is 5.86. The largest absolute Gasteiger partial charge is 0.322 e. The second-order valence-corrected chi connectivity index (χ2v) is 9.98. The zero-order valence-corrected chi connectivity index (χ0v) is 21.8. The molecule has 0 bridgehead atoms. The van der Waals surface area contributed by atoms with Crippen LogP contribution < -0.4 is 10.6 Å². The van der Waals surface area contributed by atoms with E-state index in [9.17, 15) is 9.59 Å². The number of hydrogen-bond acceptors (Lipinski definition) is 2. The summed E-state index contributed by atoms with van der Waals surface area (Å²) in [5.41, 5.74) is 5.06. The summed E-state index contributed by atoms with van der Waals surface area (Å²) in [6.07, 6.45) is 0.761. The minimum absolute atomic E-state index is 0.123. The molecule has 0 atom stereocenters. The van der Waals surface area contributed by atoms with E-state index in [-0.39, 0.29) is 11.8 Å². The van der Waals surface area contributed by atoms with E-state index in [4.69, 9.17) is 0 Å². The predicted octanol–water partition coefficient (Wildman–Crippen LogP) is 6.99. The van der Waals surface area contributed by atoms with Crippen LogP contribution in [0, 0.1) is 7.14 Å². The molecule has 0 spiro atoms. The Bertz CT molecular complexity index is 1150. The van der Waals surface area contributed by atoms with E-state index in [2.05, 4.69) is 55.8 Å². The van der Waals surface area contributed by atoms with Crippen LogP contribution in [-0.4, -0.2) is 11.8 Å². The lowest BCUT2D eigenvalue weighted by molar-refractivity contribution is 0.101. The van der Waals surface area contributed by atoms with Gasteiger partial charge in [0.2, 0.25) is 0 Å². The molecular weight excluding hydrogens is 638 g/mol. The molecule has 33 heavy (non-hydrogen) atoms. The molecule has 0 unspecified atom stereocenters. The predicted molar refractivity (Wildman–Crippen MR) is 150 cm³/mol. The van der Waals surface area contributed by atoms with Gasteiger partial charge in [-0.25, -0.2) is 0 Å². The molecular formula is C27H20I2N2O2. The van der Waals surface area contributed by atoms with Crippen molar-refractivity contribution >= 4 is 68.4 Å². The van der Waals surface area contributed by atoms with Crippen molar-refractivity contribution in [2.45, 2.75) is 6.42 Å². The molecule has 0 aliphatic carbocycles. The molecule has 0 heterocycles. The van der Waals surface area contributed by atoms with Crippen LogP contribution in [0.15, 0.2) is 97.1 Å². The zero-order chi connectivity index (χ0) is 23.2. The first kappa shape index (κ1) is 23.4. The van der Waals surface area contributed by atoms with Crippen LogP contribution in [-0.2, 0) is 6.42 Å². The van der Waals surface area contributed by atoms with Gasteiger partial charge < -0.3 is 10.6 Å². The van der Waals surface area contributed by atoms with Crippen molar-refractivity contribution in [1.29, 1.82) is 0 Å². The highest BCUT2D eigenvalue weighted by atomic mass is 127. The van der Waals surface area contributed by atoms with E-state index < -0.39 is 0 Å². The normalized spacial score (nSPS) is 10.5. The van der Waals surface area contributed by atoms with Gasteiger partial charge in [-0.1, -0.05) is 24.3 Å². The van der Waals surface area contributed by atoms with Crippen molar-refractivity contribution < 1.29 is 9.59 Å². The summed E-state index contributed by atoms with van der Waals surface area (Å²) in [4.78, 5) is 24.7. The van der Waals surface area contributed by atoms with Crippen LogP contribution in [0.4, 0.5) is 11.4 Å². The van der Waals surface area contributed by atoms with E-state index >= 15 is 0 Å². The fourth-order valence-corrected chi connectivity index (χ4v) is 3.98. The summed E-state index contributed by atoms with van der Waals surface area (Å²) >= 11 is 4.43. The van der Waals surface area contributed by atoms with Crippen LogP contribution >= 0.6 is 45.2 Å². The number of halogens is 2. The molecule has 0 fully saturated rings. The number of carbonyl (C=O) groups is 2. The Morgan fingerprint density at radius 3 is 1.18 bits per heavy atom. The SMILES string of the molecule is O=C(Nc1ccc(Cc2ccc(NC(=O)c3ccc(I)cc3)cc2)cc1)c1ccc(I)cc1. The van der Waals surface area contributed by atoms with Crippen molar-refractivity contribution in [1.82, 2.24) is 0 Å². The molecule has 0 aromatic heterocycles. The quantitative estimate of drug-likeness (QED) is 0.220. The topological polar surface area (TPSA) is 58.2 Å². The maximum Gasteiger partial charge on any atom is 0.255 e. The molecule has 2 N–H and O–H groups in total. The first-order valence-electron chi connectivity index (χ1n) is 10.3. The lowest BCUT2D eigenvalue weighted by Gasteiger charge is -2.09. The molecule has 4 aromatic rings. The maximum atomic E-state index is 12.4. The smallest absolute Gasteiger partial charge is 0.255 e. The van der Waals surface area contributed by atoms with E-state index in [1.165, 1.54) is 0 Å². The van der Waals surface area contributed by atoms with Gasteiger partial charge in [0.05, 0.1) is 0 Å². The standard InChI is InChI=1S/C27H20I2N2O2/c28-22-9-5-20(6-10-22)26(32)30-24-13-1-18(2-14-24)17-19-3-15-25(16-4-19)31-27(33)21-7-11-23(29)12-8-21/h1-16H,17H2,(H,30,32)(H,31,33). The highest BCUT2D eigenvalue weighted by Gasteiger charge is 2.07. The van der Waals surface area contributed by atoms with Crippen molar-refractivity contribution in [3.63, 3.8) is 0 Å². The summed E-state index contributed by atoms with van der Waals surface area (Å²) in [6, 6.07) is 30.6. The molecule has 6 heteroatoms. The van der Waals surface area contributed by atoms with Crippen LogP contribution in [0.3, 0.4) is 0 Å². The summed E-state index contributed by atoms with van der Waals surface area (Å²) in [5.74, 6) is -0.246. The van der Waals surface area contributed by atoms with Crippen LogP contribution in [0.5, 0.6) is 0 Å². The highest BCUT2D eigenvalue weighted by Crippen LogP contribution is 2.18. The number of hydrogen-bond donors (Lipinski definition) is 2. The zero-order valence-electron chi connectivity index (χ0n) is 17.5. The number of anilines is 2. The lowest BCUT2D eigenvalue weighted by atomic mass is 10.0. The number of carbonyl (C=O) groups excluding carboxylic acids is 2. The Labute approximate surface area is 220 Å². The van der Waals surface area contributed by atoms with E-state index in [0.717, 1.165) is 36.1 Å². The van der Waals surface area contributed by atoms with Crippen molar-refractivity contribution in [2.24, 2.45) is 0 Å². The highest BCUT2D eigenvalue weighted by molar-refractivity contribution is 14.1. The van der Waals surface area contributed by atoms with Gasteiger partial charge in [0, 0.05) is 29.6 Å². The van der Waals surface area contributed by atoms with Gasteiger partial charge in [-0.05, 0) is 136 Å². The van der Waals surface area contributed by atoms with Gasteiger partial charge in [0.1, 0.15) is 0 Å². The first-order valence-corrected chi connectivity index (χ1v) is 12.4. The second kappa shape index (κ2) is 10.9. The van der Waals surface area contributed by atoms with Crippen molar-refractivity contribution in [3.05, 3.63) is 126 Å². The molecule has 4 aromatic carbocycles. The maximum absolute atomic E-state index is 12.4. The fraction of sp³-hybridized carbons (Fsp3) is 0.0370. The molecule has 0 aliphatic rings. The molecule has 0 saturated heterocycles. The van der Waals surface area contributed by atoms with E-state index in [0.29, 0.717) is 11.1 Å². The average molecular weight is 658 g/mol. The minimum atomic E-state index is -0.123. The third-order valence-corrected chi connectivity index (χ3v) is 6.48. The van der Waals surface area contributed by atoms with E-state index in [1.807, 2.05) is 97.1 Å².